The zero-order chi connectivity index (χ0) is 60.7. The third kappa shape index (κ3) is 65.0. The van der Waals surface area contributed by atoms with Gasteiger partial charge in [0.15, 0.2) is 0 Å². The largest absolute Gasteiger partial charge is 0.472 e. The van der Waals surface area contributed by atoms with Gasteiger partial charge in [-0.25, -0.2) is 4.57 Å². The maximum Gasteiger partial charge on any atom is 0.472 e. The summed E-state index contributed by atoms with van der Waals surface area (Å²) in [7, 11) is 1.52. The van der Waals surface area contributed by atoms with Gasteiger partial charge in [-0.2, -0.15) is 0 Å². The van der Waals surface area contributed by atoms with Crippen molar-refractivity contribution < 1.29 is 37.3 Å². The number of carbonyl (C=O) groups is 2. The Balaban J connectivity index is 4.89. The van der Waals surface area contributed by atoms with E-state index in [1.54, 1.807) is 0 Å². The van der Waals surface area contributed by atoms with E-state index in [1.807, 2.05) is 27.2 Å². The highest BCUT2D eigenvalue weighted by Crippen LogP contribution is 2.43. The molecule has 0 heterocycles. The van der Waals surface area contributed by atoms with Gasteiger partial charge in [-0.05, 0) is 31.8 Å². The van der Waals surface area contributed by atoms with Crippen LogP contribution in [0.15, 0.2) is 12.2 Å². The van der Waals surface area contributed by atoms with Gasteiger partial charge >= 0.3 is 13.8 Å². The third-order valence-electron chi connectivity index (χ3n) is 17.2. The van der Waals surface area contributed by atoms with Crippen LogP contribution in [0.2, 0.25) is 0 Å². The van der Waals surface area contributed by atoms with Crippen LogP contribution < -0.4 is 5.32 Å². The third-order valence-corrected chi connectivity index (χ3v) is 18.2. The summed E-state index contributed by atoms with van der Waals surface area (Å²) < 4.78 is 30.8. The number of unbranched alkanes of at least 4 members (excludes halogenated alkanes) is 53. The number of allylic oxidation sites excluding steroid dienone is 1. The second kappa shape index (κ2) is 63.8. The van der Waals surface area contributed by atoms with Gasteiger partial charge < -0.3 is 19.4 Å². The number of nitrogens with one attached hydrogen (secondary N) is 1. The Morgan fingerprint density at radius 3 is 0.988 bits per heavy atom. The topological polar surface area (TPSA) is 111 Å². The van der Waals surface area contributed by atoms with Crippen molar-refractivity contribution in [2.24, 2.45) is 0 Å². The van der Waals surface area contributed by atoms with Gasteiger partial charge in [-0.3, -0.25) is 18.6 Å². The van der Waals surface area contributed by atoms with Crippen molar-refractivity contribution in [2.45, 2.75) is 405 Å². The molecule has 2 N–H and O–H groups in total. The van der Waals surface area contributed by atoms with Gasteiger partial charge in [-0.15, -0.1) is 0 Å². The van der Waals surface area contributed by atoms with Crippen LogP contribution in [0, 0.1) is 0 Å². The lowest BCUT2D eigenvalue weighted by Crippen LogP contribution is -2.47. The van der Waals surface area contributed by atoms with Crippen molar-refractivity contribution in [1.82, 2.24) is 5.32 Å². The fourth-order valence-corrected chi connectivity index (χ4v) is 12.3. The zero-order valence-corrected chi connectivity index (χ0v) is 57.6. The first-order valence-electron chi connectivity index (χ1n) is 37.0. The van der Waals surface area contributed by atoms with Gasteiger partial charge in [0.25, 0.3) is 0 Å². The Hall–Kier alpha value is -1.25. The van der Waals surface area contributed by atoms with E-state index in [2.05, 4.69) is 32.2 Å². The molecule has 0 saturated heterocycles. The number of esters is 1. The molecular weight excluding hydrogens is 1050 g/mol. The number of carbonyl (C=O) groups excluding carboxylic acids is 2. The number of phosphoric ester groups is 1. The van der Waals surface area contributed by atoms with E-state index in [0.717, 1.165) is 57.8 Å². The molecule has 0 aromatic carbocycles. The molecule has 9 nitrogen and oxygen atoms in total. The molecule has 83 heavy (non-hydrogen) atoms. The molecule has 0 aromatic rings. The molecule has 0 spiro atoms. The number of phosphoric acid groups is 1. The molecule has 10 heteroatoms. The molecule has 1 amide bonds. The summed E-state index contributed by atoms with van der Waals surface area (Å²) in [6.07, 6.45) is 76.7. The van der Waals surface area contributed by atoms with Crippen molar-refractivity contribution in [3.05, 3.63) is 12.2 Å². The highest BCUT2D eigenvalue weighted by molar-refractivity contribution is 7.47. The second-order valence-corrected chi connectivity index (χ2v) is 28.3. The summed E-state index contributed by atoms with van der Waals surface area (Å²) in [4.78, 5) is 37.9. The smallest absolute Gasteiger partial charge is 0.456 e. The first-order valence-corrected chi connectivity index (χ1v) is 38.5. The van der Waals surface area contributed by atoms with Gasteiger partial charge in [-0.1, -0.05) is 361 Å². The van der Waals surface area contributed by atoms with Crippen LogP contribution >= 0.6 is 7.82 Å². The molecule has 0 aromatic heterocycles. The van der Waals surface area contributed by atoms with Gasteiger partial charge in [0, 0.05) is 12.8 Å². The molecule has 3 atom stereocenters. The van der Waals surface area contributed by atoms with Crippen LogP contribution in [-0.2, 0) is 27.9 Å². The average molecular weight is 1190 g/mol. The number of hydrogen-bond acceptors (Lipinski definition) is 6. The number of ether oxygens (including phenoxy) is 1. The lowest BCUT2D eigenvalue weighted by molar-refractivity contribution is -0.870. The number of rotatable bonds is 69. The molecule has 0 saturated carbocycles. The Morgan fingerprint density at radius 2 is 0.687 bits per heavy atom. The van der Waals surface area contributed by atoms with E-state index in [0.29, 0.717) is 23.9 Å². The molecule has 0 fully saturated rings. The number of hydrogen-bond donors (Lipinski definition) is 2. The molecule has 0 aliphatic rings. The highest BCUT2D eigenvalue weighted by atomic mass is 31.2. The first-order chi connectivity index (χ1) is 40.4. The van der Waals surface area contributed by atoms with E-state index in [4.69, 9.17) is 13.8 Å². The van der Waals surface area contributed by atoms with E-state index < -0.39 is 20.0 Å². The van der Waals surface area contributed by atoms with Crippen LogP contribution in [0.4, 0.5) is 0 Å². The first kappa shape index (κ1) is 81.8. The number of amides is 1. The Labute approximate surface area is 518 Å². The molecule has 494 valence electrons. The minimum absolute atomic E-state index is 0.0460. The quantitative estimate of drug-likeness (QED) is 0.0205. The maximum atomic E-state index is 13.6. The van der Waals surface area contributed by atoms with Crippen LogP contribution in [-0.4, -0.2) is 74.3 Å². The highest BCUT2D eigenvalue weighted by Gasteiger charge is 2.30. The van der Waals surface area contributed by atoms with Crippen molar-refractivity contribution in [2.75, 3.05) is 40.9 Å². The fraction of sp³-hybridized carbons (Fsp3) is 0.945. The lowest BCUT2D eigenvalue weighted by Gasteiger charge is -2.27. The van der Waals surface area contributed by atoms with Crippen molar-refractivity contribution in [3.8, 4) is 0 Å². The summed E-state index contributed by atoms with van der Waals surface area (Å²) in [6, 6.07) is -0.840. The van der Waals surface area contributed by atoms with Gasteiger partial charge in [0.1, 0.15) is 19.3 Å². The Bertz CT molecular complexity index is 1420. The second-order valence-electron chi connectivity index (χ2n) is 26.8. The van der Waals surface area contributed by atoms with Crippen LogP contribution in [0.1, 0.15) is 393 Å². The Kier molecular flexibility index (Phi) is 62.8. The predicted octanol–water partition coefficient (Wildman–Crippen LogP) is 23.5. The number of likely N-dealkylation sites (N-methyl/N-ethyl adjacent to an activating group) is 1. The molecule has 3 unspecified atom stereocenters. The van der Waals surface area contributed by atoms with Crippen LogP contribution in [0.25, 0.3) is 0 Å². The van der Waals surface area contributed by atoms with Crippen LogP contribution in [0.3, 0.4) is 0 Å². The fourth-order valence-electron chi connectivity index (χ4n) is 11.5. The van der Waals surface area contributed by atoms with Crippen molar-refractivity contribution in [3.63, 3.8) is 0 Å². The SMILES string of the molecule is CCCCCCCCCCC/C=C\C(OC(=O)CCCCCCCCCCCCCCCCCCCCCCCCCCCCC)C(COP(=O)(O)OCC[N+](C)(C)C)NC(=O)CCCCCCCCCCCCCCCCCCCCC. The van der Waals surface area contributed by atoms with E-state index in [-0.39, 0.29) is 25.1 Å². The van der Waals surface area contributed by atoms with E-state index in [1.165, 1.54) is 302 Å². The van der Waals surface area contributed by atoms with E-state index >= 15 is 0 Å². The zero-order valence-electron chi connectivity index (χ0n) is 56.7. The number of nitrogens with zero attached hydrogens (tertiary/aromatic N) is 1. The summed E-state index contributed by atoms with van der Waals surface area (Å²) >= 11 is 0. The van der Waals surface area contributed by atoms with Gasteiger partial charge in [0.05, 0.1) is 33.8 Å². The maximum absolute atomic E-state index is 13.6. The monoisotopic (exact) mass is 1190 g/mol. The Morgan fingerprint density at radius 1 is 0.410 bits per heavy atom. The van der Waals surface area contributed by atoms with Gasteiger partial charge in [0.2, 0.25) is 5.91 Å². The summed E-state index contributed by atoms with van der Waals surface area (Å²) in [5.74, 6) is -0.477. The van der Waals surface area contributed by atoms with Crippen LogP contribution in [0.5, 0.6) is 0 Å². The minimum atomic E-state index is -4.45. The molecule has 0 radical (unpaired) electrons. The van der Waals surface area contributed by atoms with Crippen molar-refractivity contribution >= 4 is 19.7 Å². The summed E-state index contributed by atoms with van der Waals surface area (Å²) in [5.41, 5.74) is 0. The van der Waals surface area contributed by atoms with Crippen molar-refractivity contribution in [1.29, 1.82) is 0 Å². The average Bonchev–Trinajstić information content (AvgIpc) is 3.51. The minimum Gasteiger partial charge on any atom is -0.456 e. The predicted molar refractivity (Wildman–Crippen MR) is 360 cm³/mol. The molecule has 0 rings (SSSR count). The summed E-state index contributed by atoms with van der Waals surface area (Å²) in [5, 5.41) is 3.08. The molecular formula is C73H146N2O7P+. The summed E-state index contributed by atoms with van der Waals surface area (Å²) in [6.45, 7) is 7.09. The molecule has 0 aliphatic heterocycles. The number of quaternary nitrogens is 1. The molecule has 0 bridgehead atoms. The molecule has 0 aliphatic carbocycles. The lowest BCUT2D eigenvalue weighted by atomic mass is 10.0. The van der Waals surface area contributed by atoms with E-state index in [9.17, 15) is 19.0 Å². The normalized spacial score (nSPS) is 13.5. The standard InChI is InChI=1S/C73H145N2O7P/c1-7-10-13-16-19-22-25-27-29-31-33-34-35-36-37-38-39-40-42-44-46-48-51-54-57-60-63-66-73(77)82-71(64-61-58-55-52-49-24-21-18-15-12-9-3)70(69-81-83(78,79)80-68-67-75(4,5)6)74-72(76)65-62-59-56-53-50-47-45-43-41-32-30-28-26-23-20-17-14-11-8-2/h61,64,70-71H,7-60,62-63,65-69H2,1-6H3,(H-,74,76,78,79)/p+1/b64-61-.